The Labute approximate surface area is 125 Å². The van der Waals surface area contributed by atoms with Gasteiger partial charge in [-0.1, -0.05) is 5.16 Å². The maximum absolute atomic E-state index is 9.48. The summed E-state index contributed by atoms with van der Waals surface area (Å²) in [5, 5.41) is 16.5. The van der Waals surface area contributed by atoms with Gasteiger partial charge in [-0.25, -0.2) is 0 Å². The number of aliphatic hydroxyl groups is 1. The molecule has 0 spiro atoms. The lowest BCUT2D eigenvalue weighted by Crippen LogP contribution is -2.15. The Morgan fingerprint density at radius 1 is 1.42 bits per heavy atom. The van der Waals surface area contributed by atoms with Gasteiger partial charge in [-0.2, -0.15) is 4.98 Å². The Kier molecular flexibility index (Phi) is 3.66. The minimum Gasteiger partial charge on any atom is -0.392 e. The van der Waals surface area contributed by atoms with Gasteiger partial charge in [0.1, 0.15) is 5.69 Å². The monoisotopic (exact) mass is 388 g/mol. The molecule has 0 radical (unpaired) electrons. The van der Waals surface area contributed by atoms with Crippen LogP contribution in [0.2, 0.25) is 0 Å². The Hall–Kier alpha value is -0.830. The van der Waals surface area contributed by atoms with Gasteiger partial charge in [-0.15, -0.1) is 0 Å². The molecule has 6 nitrogen and oxygen atoms in total. The van der Waals surface area contributed by atoms with Crippen LogP contribution in [0.4, 0.5) is 0 Å². The van der Waals surface area contributed by atoms with Crippen molar-refractivity contribution in [3.8, 4) is 11.5 Å². The summed E-state index contributed by atoms with van der Waals surface area (Å²) in [7, 11) is 0. The van der Waals surface area contributed by atoms with Gasteiger partial charge in [-0.05, 0) is 44.3 Å². The highest BCUT2D eigenvalue weighted by Crippen LogP contribution is 2.28. The number of pyridine rings is 1. The lowest BCUT2D eigenvalue weighted by molar-refractivity contribution is 0.191. The van der Waals surface area contributed by atoms with Gasteiger partial charge in [0.15, 0.2) is 0 Å². The highest BCUT2D eigenvalue weighted by molar-refractivity contribution is 9.11. The summed E-state index contributed by atoms with van der Waals surface area (Å²) in [5.41, 5.74) is 0.622. The number of nitrogens with one attached hydrogen (secondary N) is 1. The predicted octanol–water partition coefficient (Wildman–Crippen LogP) is 2.05. The Balaban J connectivity index is 1.88. The van der Waals surface area contributed by atoms with E-state index in [0.29, 0.717) is 30.4 Å². The number of nitrogens with zero attached hydrogens (tertiary/aromatic N) is 3. The lowest BCUT2D eigenvalue weighted by Gasteiger charge is -2.01. The van der Waals surface area contributed by atoms with Crippen LogP contribution in [0.1, 0.15) is 18.4 Å². The molecular weight excluding hydrogens is 380 g/mol. The van der Waals surface area contributed by atoms with Gasteiger partial charge < -0.3 is 14.9 Å². The standard InChI is InChI=1S/C11H10Br2N4O2/c12-5-1-7(13)9(15-3-5)10-16-11(19-17-10)8-2-6(18)4-14-8/h1,3,6,8,14,18H,2,4H2/t6?,8-/m0/s1. The predicted molar refractivity (Wildman–Crippen MR) is 74.3 cm³/mol. The van der Waals surface area contributed by atoms with E-state index in [9.17, 15) is 5.11 Å². The van der Waals surface area contributed by atoms with Crippen molar-refractivity contribution in [1.29, 1.82) is 0 Å². The van der Waals surface area contributed by atoms with Crippen molar-refractivity contribution in [1.82, 2.24) is 20.4 Å². The highest BCUT2D eigenvalue weighted by Gasteiger charge is 2.28. The maximum atomic E-state index is 9.48. The summed E-state index contributed by atoms with van der Waals surface area (Å²) in [6, 6.07) is 1.78. The van der Waals surface area contributed by atoms with E-state index < -0.39 is 0 Å². The van der Waals surface area contributed by atoms with Gasteiger partial charge in [0, 0.05) is 21.7 Å². The number of hydrogen-bond donors (Lipinski definition) is 2. The molecule has 2 aromatic rings. The molecule has 1 fully saturated rings. The second-order valence-corrected chi connectivity index (χ2v) is 6.06. The molecule has 0 aliphatic carbocycles. The molecule has 100 valence electrons. The van der Waals surface area contributed by atoms with Crippen molar-refractivity contribution in [2.75, 3.05) is 6.54 Å². The molecule has 2 atom stereocenters. The number of rotatable bonds is 2. The Morgan fingerprint density at radius 2 is 2.26 bits per heavy atom. The molecule has 0 bridgehead atoms. The molecule has 0 aromatic carbocycles. The van der Waals surface area contributed by atoms with Crippen molar-refractivity contribution in [3.63, 3.8) is 0 Å². The molecule has 1 unspecified atom stereocenters. The summed E-state index contributed by atoms with van der Waals surface area (Å²) >= 11 is 6.76. The molecule has 0 amide bonds. The third-order valence-corrected chi connectivity index (χ3v) is 3.91. The lowest BCUT2D eigenvalue weighted by atomic mass is 10.2. The number of aromatic nitrogens is 3. The van der Waals surface area contributed by atoms with Crippen LogP contribution in [-0.2, 0) is 0 Å². The van der Waals surface area contributed by atoms with Crippen molar-refractivity contribution < 1.29 is 9.63 Å². The minimum atomic E-state index is -0.363. The Bertz CT molecular complexity index is 604. The van der Waals surface area contributed by atoms with Gasteiger partial charge in [0.2, 0.25) is 11.7 Å². The summed E-state index contributed by atoms with van der Waals surface area (Å²) in [5.74, 6) is 0.903. The van der Waals surface area contributed by atoms with Crippen LogP contribution in [0.25, 0.3) is 11.5 Å². The second-order valence-electron chi connectivity index (χ2n) is 4.29. The van der Waals surface area contributed by atoms with Gasteiger partial charge >= 0.3 is 0 Å². The zero-order valence-electron chi connectivity index (χ0n) is 9.68. The molecule has 1 aliphatic heterocycles. The molecule has 0 saturated carbocycles. The molecule has 1 aliphatic rings. The normalized spacial score (nSPS) is 22.9. The van der Waals surface area contributed by atoms with E-state index in [4.69, 9.17) is 4.52 Å². The Morgan fingerprint density at radius 3 is 2.95 bits per heavy atom. The fourth-order valence-electron chi connectivity index (χ4n) is 1.96. The summed E-state index contributed by atoms with van der Waals surface area (Å²) in [6.45, 7) is 0.544. The van der Waals surface area contributed by atoms with Gasteiger partial charge in [0.05, 0.1) is 12.1 Å². The molecule has 3 heterocycles. The van der Waals surface area contributed by atoms with Crippen LogP contribution < -0.4 is 5.32 Å². The van der Waals surface area contributed by atoms with E-state index in [-0.39, 0.29) is 12.1 Å². The third-order valence-electron chi connectivity index (χ3n) is 2.87. The molecule has 2 N–H and O–H groups in total. The van der Waals surface area contributed by atoms with E-state index in [1.54, 1.807) is 6.20 Å². The smallest absolute Gasteiger partial charge is 0.244 e. The van der Waals surface area contributed by atoms with Crippen LogP contribution in [0, 0.1) is 0 Å². The fraction of sp³-hybridized carbons (Fsp3) is 0.364. The molecule has 19 heavy (non-hydrogen) atoms. The summed E-state index contributed by atoms with van der Waals surface area (Å²) < 4.78 is 6.88. The molecule has 2 aromatic heterocycles. The average molecular weight is 390 g/mol. The fourth-order valence-corrected chi connectivity index (χ4v) is 3.12. The molecular formula is C11H10Br2N4O2. The van der Waals surface area contributed by atoms with E-state index >= 15 is 0 Å². The quantitative estimate of drug-likeness (QED) is 0.817. The van der Waals surface area contributed by atoms with Crippen LogP contribution in [0.15, 0.2) is 25.7 Å². The first-order valence-electron chi connectivity index (χ1n) is 5.70. The van der Waals surface area contributed by atoms with E-state index in [1.165, 1.54) is 0 Å². The maximum Gasteiger partial charge on any atom is 0.244 e. The number of β-amino-alcohol motifs (C(OH)–C–C–N with tert-alkyl or cyclic N) is 1. The first-order chi connectivity index (χ1) is 9.13. The van der Waals surface area contributed by atoms with Crippen molar-refractivity contribution in [2.45, 2.75) is 18.6 Å². The van der Waals surface area contributed by atoms with E-state index in [0.717, 1.165) is 8.95 Å². The SMILES string of the molecule is OC1CN[C@H](c2nc(-c3ncc(Br)cc3Br)no2)C1. The summed E-state index contributed by atoms with van der Waals surface area (Å²) in [6.07, 6.45) is 1.89. The summed E-state index contributed by atoms with van der Waals surface area (Å²) in [4.78, 5) is 8.58. The minimum absolute atomic E-state index is 0.0922. The van der Waals surface area contributed by atoms with E-state index in [2.05, 4.69) is 52.3 Å². The zero-order chi connectivity index (χ0) is 13.4. The highest BCUT2D eigenvalue weighted by atomic mass is 79.9. The second kappa shape index (κ2) is 5.28. The molecule has 1 saturated heterocycles. The molecule has 8 heteroatoms. The zero-order valence-corrected chi connectivity index (χ0v) is 12.8. The first-order valence-corrected chi connectivity index (χ1v) is 7.28. The topological polar surface area (TPSA) is 84.1 Å². The molecule has 3 rings (SSSR count). The van der Waals surface area contributed by atoms with Crippen LogP contribution in [0.5, 0.6) is 0 Å². The third kappa shape index (κ3) is 2.71. The largest absolute Gasteiger partial charge is 0.392 e. The van der Waals surface area contributed by atoms with Crippen LogP contribution in [0.3, 0.4) is 0 Å². The average Bonchev–Trinajstić information content (AvgIpc) is 2.97. The van der Waals surface area contributed by atoms with Crippen molar-refractivity contribution >= 4 is 31.9 Å². The number of hydrogen-bond acceptors (Lipinski definition) is 6. The number of aliphatic hydroxyl groups excluding tert-OH is 1. The van der Waals surface area contributed by atoms with Crippen molar-refractivity contribution in [3.05, 3.63) is 27.1 Å². The first kappa shape index (κ1) is 13.2. The van der Waals surface area contributed by atoms with Crippen molar-refractivity contribution in [2.24, 2.45) is 0 Å². The van der Waals surface area contributed by atoms with Crippen LogP contribution >= 0.6 is 31.9 Å². The van der Waals surface area contributed by atoms with Crippen LogP contribution in [-0.4, -0.2) is 32.9 Å². The number of halogens is 2. The van der Waals surface area contributed by atoms with E-state index in [1.807, 2.05) is 6.07 Å². The van der Waals surface area contributed by atoms with Gasteiger partial charge in [-0.3, -0.25) is 4.98 Å². The van der Waals surface area contributed by atoms with Gasteiger partial charge in [0.25, 0.3) is 0 Å².